The van der Waals surface area contributed by atoms with Gasteiger partial charge in [0.2, 0.25) is 0 Å². The highest BCUT2D eigenvalue weighted by Crippen LogP contribution is 2.27. The van der Waals surface area contributed by atoms with Gasteiger partial charge in [-0.2, -0.15) is 0 Å². The summed E-state index contributed by atoms with van der Waals surface area (Å²) in [6.07, 6.45) is 10.9. The van der Waals surface area contributed by atoms with Crippen molar-refractivity contribution in [3.05, 3.63) is 58.0 Å². The van der Waals surface area contributed by atoms with Crippen molar-refractivity contribution in [1.29, 1.82) is 0 Å². The van der Waals surface area contributed by atoms with Gasteiger partial charge in [0.1, 0.15) is 11.5 Å². The first-order valence-corrected chi connectivity index (χ1v) is 9.37. The highest BCUT2D eigenvalue weighted by atomic mass is 35.5. The van der Waals surface area contributed by atoms with Crippen LogP contribution in [-0.4, -0.2) is 22.4 Å². The fourth-order valence-corrected chi connectivity index (χ4v) is 3.25. The zero-order chi connectivity index (χ0) is 18.4. The number of halogens is 2. The molecule has 136 valence electrons. The summed E-state index contributed by atoms with van der Waals surface area (Å²) in [5, 5.41) is 6.98. The van der Waals surface area contributed by atoms with E-state index >= 15 is 0 Å². The molecule has 7 heteroatoms. The van der Waals surface area contributed by atoms with Crippen molar-refractivity contribution < 1.29 is 4.79 Å². The molecule has 2 aromatic rings. The molecule has 0 atom stereocenters. The van der Waals surface area contributed by atoms with Crippen LogP contribution in [0.25, 0.3) is 0 Å². The Morgan fingerprint density at radius 1 is 1.15 bits per heavy atom. The third kappa shape index (κ3) is 5.19. The molecule has 0 unspecified atom stereocenters. The minimum Gasteiger partial charge on any atom is -0.350 e. The molecule has 0 bridgehead atoms. The second kappa shape index (κ2) is 9.01. The van der Waals surface area contributed by atoms with Gasteiger partial charge in [-0.3, -0.25) is 4.79 Å². The van der Waals surface area contributed by atoms with Crippen molar-refractivity contribution >= 4 is 40.6 Å². The van der Waals surface area contributed by atoms with Gasteiger partial charge in [0.15, 0.2) is 0 Å². The number of nitrogens with zero attached hydrogens (tertiary/aromatic N) is 2. The van der Waals surface area contributed by atoms with E-state index < -0.39 is 0 Å². The van der Waals surface area contributed by atoms with E-state index in [-0.39, 0.29) is 11.6 Å². The largest absolute Gasteiger partial charge is 0.350 e. The molecule has 5 nitrogen and oxygen atoms in total. The van der Waals surface area contributed by atoms with Gasteiger partial charge in [-0.05, 0) is 50.3 Å². The number of allylic oxidation sites excluding steroid dienone is 1. The SMILES string of the molecule is O=C(NCCC1=CCCCC1)c1cnc(Nc2ccc(Cl)cc2Cl)cn1. The lowest BCUT2D eigenvalue weighted by Gasteiger charge is -2.12. The van der Waals surface area contributed by atoms with Crippen LogP contribution in [-0.2, 0) is 0 Å². The molecule has 2 N–H and O–H groups in total. The van der Waals surface area contributed by atoms with Crippen molar-refractivity contribution in [2.75, 3.05) is 11.9 Å². The molecule has 1 amide bonds. The number of rotatable bonds is 6. The van der Waals surface area contributed by atoms with Gasteiger partial charge in [-0.15, -0.1) is 0 Å². The van der Waals surface area contributed by atoms with Crippen LogP contribution in [0.1, 0.15) is 42.6 Å². The average Bonchev–Trinajstić information content (AvgIpc) is 2.65. The Kier molecular flexibility index (Phi) is 6.47. The van der Waals surface area contributed by atoms with Crippen LogP contribution < -0.4 is 10.6 Å². The number of aromatic nitrogens is 2. The molecule has 0 radical (unpaired) electrons. The molecular formula is C19H20Cl2N4O. The van der Waals surface area contributed by atoms with E-state index in [1.165, 1.54) is 30.8 Å². The van der Waals surface area contributed by atoms with E-state index in [0.29, 0.717) is 28.1 Å². The zero-order valence-electron chi connectivity index (χ0n) is 14.3. The minimum atomic E-state index is -0.218. The highest BCUT2D eigenvalue weighted by molar-refractivity contribution is 6.36. The first-order valence-electron chi connectivity index (χ1n) is 8.62. The average molecular weight is 391 g/mol. The molecule has 0 saturated carbocycles. The normalized spacial score (nSPS) is 13.8. The Morgan fingerprint density at radius 2 is 2.04 bits per heavy atom. The van der Waals surface area contributed by atoms with Crippen LogP contribution >= 0.6 is 23.2 Å². The molecule has 0 saturated heterocycles. The molecule has 0 aliphatic heterocycles. The van der Waals surface area contributed by atoms with Crippen molar-refractivity contribution in [3.8, 4) is 0 Å². The van der Waals surface area contributed by atoms with E-state index in [4.69, 9.17) is 23.2 Å². The molecule has 0 fully saturated rings. The summed E-state index contributed by atoms with van der Waals surface area (Å²) in [6, 6.07) is 5.13. The molecule has 1 heterocycles. The second-order valence-corrected chi connectivity index (χ2v) is 6.99. The number of hydrogen-bond acceptors (Lipinski definition) is 4. The van der Waals surface area contributed by atoms with Gasteiger partial charge in [-0.25, -0.2) is 9.97 Å². The summed E-state index contributed by atoms with van der Waals surface area (Å²) in [7, 11) is 0. The molecule has 26 heavy (non-hydrogen) atoms. The molecule has 3 rings (SSSR count). The van der Waals surface area contributed by atoms with Crippen molar-refractivity contribution in [1.82, 2.24) is 15.3 Å². The summed E-state index contributed by atoms with van der Waals surface area (Å²) >= 11 is 12.0. The van der Waals surface area contributed by atoms with E-state index in [1.54, 1.807) is 18.2 Å². The lowest BCUT2D eigenvalue weighted by molar-refractivity contribution is 0.0948. The van der Waals surface area contributed by atoms with Crippen molar-refractivity contribution in [2.45, 2.75) is 32.1 Å². The lowest BCUT2D eigenvalue weighted by Crippen LogP contribution is -2.26. The number of benzene rings is 1. The van der Waals surface area contributed by atoms with Crippen LogP contribution in [0.2, 0.25) is 10.0 Å². The predicted molar refractivity (Wildman–Crippen MR) is 105 cm³/mol. The van der Waals surface area contributed by atoms with Gasteiger partial charge >= 0.3 is 0 Å². The first-order chi connectivity index (χ1) is 12.6. The Labute approximate surface area is 162 Å². The smallest absolute Gasteiger partial charge is 0.271 e. The number of carbonyl (C=O) groups excluding carboxylic acids is 1. The quantitative estimate of drug-likeness (QED) is 0.669. The van der Waals surface area contributed by atoms with Crippen LogP contribution in [0.3, 0.4) is 0 Å². The molecular weight excluding hydrogens is 371 g/mol. The highest BCUT2D eigenvalue weighted by Gasteiger charge is 2.10. The van der Waals surface area contributed by atoms with Crippen molar-refractivity contribution in [3.63, 3.8) is 0 Å². The Morgan fingerprint density at radius 3 is 2.73 bits per heavy atom. The summed E-state index contributed by atoms with van der Waals surface area (Å²) in [4.78, 5) is 20.5. The maximum Gasteiger partial charge on any atom is 0.271 e. The predicted octanol–water partition coefficient (Wildman–Crippen LogP) is 5.15. The Bertz CT molecular complexity index is 806. The van der Waals surface area contributed by atoms with Gasteiger partial charge in [0.05, 0.1) is 23.1 Å². The number of hydrogen-bond donors (Lipinski definition) is 2. The monoisotopic (exact) mass is 390 g/mol. The summed E-state index contributed by atoms with van der Waals surface area (Å²) in [5.41, 5.74) is 2.39. The molecule has 1 aliphatic rings. The van der Waals surface area contributed by atoms with Crippen LogP contribution in [0.15, 0.2) is 42.2 Å². The topological polar surface area (TPSA) is 66.9 Å². The lowest BCUT2D eigenvalue weighted by atomic mass is 9.97. The van der Waals surface area contributed by atoms with Gasteiger partial charge in [0, 0.05) is 11.6 Å². The number of anilines is 2. The molecule has 1 aromatic carbocycles. The van der Waals surface area contributed by atoms with E-state index in [9.17, 15) is 4.79 Å². The zero-order valence-corrected chi connectivity index (χ0v) is 15.8. The summed E-state index contributed by atoms with van der Waals surface area (Å²) in [6.45, 7) is 0.618. The van der Waals surface area contributed by atoms with E-state index in [0.717, 1.165) is 19.3 Å². The van der Waals surface area contributed by atoms with Crippen LogP contribution in [0.4, 0.5) is 11.5 Å². The number of nitrogens with one attached hydrogen (secondary N) is 2. The third-order valence-electron chi connectivity index (χ3n) is 4.20. The van der Waals surface area contributed by atoms with Gasteiger partial charge in [-0.1, -0.05) is 34.9 Å². The third-order valence-corrected chi connectivity index (χ3v) is 4.74. The maximum absolute atomic E-state index is 12.2. The number of carbonyl (C=O) groups is 1. The Balaban J connectivity index is 1.53. The fraction of sp³-hybridized carbons (Fsp3) is 0.316. The number of amides is 1. The van der Waals surface area contributed by atoms with Crippen LogP contribution in [0.5, 0.6) is 0 Å². The molecule has 1 aromatic heterocycles. The minimum absolute atomic E-state index is 0.218. The summed E-state index contributed by atoms with van der Waals surface area (Å²) in [5.74, 6) is 0.281. The van der Waals surface area contributed by atoms with Gasteiger partial charge in [0.25, 0.3) is 5.91 Å². The van der Waals surface area contributed by atoms with Crippen LogP contribution in [0, 0.1) is 0 Å². The maximum atomic E-state index is 12.2. The molecule has 1 aliphatic carbocycles. The Hall–Kier alpha value is -2.11. The van der Waals surface area contributed by atoms with Crippen molar-refractivity contribution in [2.24, 2.45) is 0 Å². The standard InChI is InChI=1S/C19H20Cl2N4O/c20-14-6-7-16(15(21)10-14)25-18-12-23-17(11-24-18)19(26)22-9-8-13-4-2-1-3-5-13/h4,6-7,10-12H,1-3,5,8-9H2,(H,22,26)(H,24,25). The first kappa shape index (κ1) is 18.7. The summed E-state index contributed by atoms with van der Waals surface area (Å²) < 4.78 is 0. The van der Waals surface area contributed by atoms with E-state index in [2.05, 4.69) is 26.7 Å². The molecule has 0 spiro atoms. The fourth-order valence-electron chi connectivity index (χ4n) is 2.80. The van der Waals surface area contributed by atoms with Gasteiger partial charge < -0.3 is 10.6 Å². The van der Waals surface area contributed by atoms with E-state index in [1.807, 2.05) is 0 Å². The second-order valence-electron chi connectivity index (χ2n) is 6.15.